The van der Waals surface area contributed by atoms with Crippen LogP contribution in [0.1, 0.15) is 28.2 Å². The summed E-state index contributed by atoms with van der Waals surface area (Å²) in [6.07, 6.45) is 1.01. The van der Waals surface area contributed by atoms with E-state index in [1.54, 1.807) is 6.07 Å². The Hall–Kier alpha value is -1.50. The molecule has 1 unspecified atom stereocenters. The average Bonchev–Trinajstić information content (AvgIpc) is 2.80. The smallest absolute Gasteiger partial charge is 0.340 e. The molecule has 1 aromatic heterocycles. The summed E-state index contributed by atoms with van der Waals surface area (Å²) in [6, 6.07) is 3.63. The molecule has 2 N–H and O–H groups in total. The van der Waals surface area contributed by atoms with E-state index in [0.29, 0.717) is 12.1 Å². The van der Waals surface area contributed by atoms with Crippen molar-refractivity contribution in [1.82, 2.24) is 9.88 Å². The van der Waals surface area contributed by atoms with Gasteiger partial charge in [-0.3, -0.25) is 4.98 Å². The number of rotatable bonds is 7. The molecule has 2 rings (SSSR count). The van der Waals surface area contributed by atoms with Crippen LogP contribution < -0.4 is 0 Å². The lowest BCUT2D eigenvalue weighted by molar-refractivity contribution is 0.0533. The molecule has 0 saturated heterocycles. The molecule has 0 radical (unpaired) electrons. The van der Waals surface area contributed by atoms with Gasteiger partial charge < -0.3 is 19.8 Å². The van der Waals surface area contributed by atoms with Gasteiger partial charge in [-0.25, -0.2) is 4.79 Å². The zero-order valence-corrected chi connectivity index (χ0v) is 11.6. The van der Waals surface area contributed by atoms with Crippen LogP contribution in [0.2, 0.25) is 0 Å². The monoisotopic (exact) mass is 280 g/mol. The highest BCUT2D eigenvalue weighted by Gasteiger charge is 2.22. The van der Waals surface area contributed by atoms with Crippen LogP contribution in [0.5, 0.6) is 0 Å². The first-order chi connectivity index (χ1) is 9.60. The minimum Gasteiger partial charge on any atom is -0.456 e. The first kappa shape index (κ1) is 14.9. The summed E-state index contributed by atoms with van der Waals surface area (Å²) >= 11 is 0. The van der Waals surface area contributed by atoms with Crippen LogP contribution in [0.4, 0.5) is 0 Å². The van der Waals surface area contributed by atoms with Gasteiger partial charge in [0, 0.05) is 12.2 Å². The molecule has 0 fully saturated rings. The third-order valence-corrected chi connectivity index (χ3v) is 3.30. The largest absolute Gasteiger partial charge is 0.456 e. The molecule has 0 bridgehead atoms. The number of hydrogen-bond donors (Lipinski definition) is 2. The van der Waals surface area contributed by atoms with Crippen LogP contribution in [0, 0.1) is 0 Å². The molecule has 1 aromatic rings. The maximum absolute atomic E-state index is 11.3. The zero-order valence-electron chi connectivity index (χ0n) is 11.6. The number of esters is 1. The Morgan fingerprint density at radius 2 is 2.30 bits per heavy atom. The number of aryl methyl sites for hydroxylation is 1. The number of likely N-dealkylation sites (N-methyl/N-ethyl adjacent to an activating group) is 1. The second kappa shape index (κ2) is 6.78. The third-order valence-electron chi connectivity index (χ3n) is 3.30. The summed E-state index contributed by atoms with van der Waals surface area (Å²) in [5.41, 5.74) is 2.23. The molecule has 1 aliphatic heterocycles. The van der Waals surface area contributed by atoms with Crippen molar-refractivity contribution in [2.45, 2.75) is 25.6 Å². The Kier molecular flexibility index (Phi) is 5.05. The van der Waals surface area contributed by atoms with Gasteiger partial charge in [-0.1, -0.05) is 0 Å². The van der Waals surface area contributed by atoms with Crippen LogP contribution in [-0.2, 0) is 17.8 Å². The molecule has 110 valence electrons. The molecule has 0 spiro atoms. The lowest BCUT2D eigenvalue weighted by atomic mass is 10.1. The molecule has 0 aliphatic carbocycles. The van der Waals surface area contributed by atoms with E-state index in [4.69, 9.17) is 9.84 Å². The third kappa shape index (κ3) is 3.75. The van der Waals surface area contributed by atoms with E-state index in [9.17, 15) is 9.90 Å². The van der Waals surface area contributed by atoms with Crippen molar-refractivity contribution in [2.24, 2.45) is 0 Å². The van der Waals surface area contributed by atoms with Gasteiger partial charge in [-0.2, -0.15) is 0 Å². The quantitative estimate of drug-likeness (QED) is 0.683. The first-order valence-electron chi connectivity index (χ1n) is 6.73. The average molecular weight is 280 g/mol. The van der Waals surface area contributed by atoms with Crippen molar-refractivity contribution in [1.29, 1.82) is 0 Å². The first-order valence-corrected chi connectivity index (χ1v) is 6.73. The highest BCUT2D eigenvalue weighted by molar-refractivity contribution is 5.92. The molecule has 2 heterocycles. The Morgan fingerprint density at radius 3 is 3.05 bits per heavy atom. The summed E-state index contributed by atoms with van der Waals surface area (Å²) in [6.45, 7) is 1.32. The van der Waals surface area contributed by atoms with Gasteiger partial charge in [-0.15, -0.1) is 0 Å². The second-order valence-corrected chi connectivity index (χ2v) is 5.08. The van der Waals surface area contributed by atoms with Crippen molar-refractivity contribution in [2.75, 3.05) is 26.7 Å². The maximum atomic E-state index is 11.3. The number of hydrogen-bond acceptors (Lipinski definition) is 6. The van der Waals surface area contributed by atoms with Gasteiger partial charge in [0.1, 0.15) is 6.61 Å². The normalized spacial score (nSPS) is 15.3. The van der Waals surface area contributed by atoms with E-state index < -0.39 is 6.10 Å². The molecule has 6 heteroatoms. The number of nitrogens with zero attached hydrogens (tertiary/aromatic N) is 2. The summed E-state index contributed by atoms with van der Waals surface area (Å²) in [5.74, 6) is -0.295. The highest BCUT2D eigenvalue weighted by Crippen LogP contribution is 2.18. The van der Waals surface area contributed by atoms with Gasteiger partial charge in [0.2, 0.25) is 0 Å². The number of ether oxygens (including phenoxy) is 1. The summed E-state index contributed by atoms with van der Waals surface area (Å²) in [7, 11) is 1.90. The number of pyridine rings is 1. The number of carbonyl (C=O) groups is 1. The standard InChI is InChI=1S/C14H20N2O4/c1-16(7-11(18)8-17)6-2-3-10-4-5-12-13(15-10)9-20-14(12)19/h4-5,11,17-18H,2-3,6-9H2,1H3. The number of fused-ring (bicyclic) bond motifs is 1. The van der Waals surface area contributed by atoms with E-state index >= 15 is 0 Å². The number of aliphatic hydroxyl groups excluding tert-OH is 2. The molecule has 6 nitrogen and oxygen atoms in total. The number of aliphatic hydroxyl groups is 2. The highest BCUT2D eigenvalue weighted by atomic mass is 16.5. The molecule has 0 aromatic carbocycles. The molecular weight excluding hydrogens is 260 g/mol. The fourth-order valence-electron chi connectivity index (χ4n) is 2.23. The Labute approximate surface area is 118 Å². The predicted molar refractivity (Wildman–Crippen MR) is 72.3 cm³/mol. The fourth-order valence-corrected chi connectivity index (χ4v) is 2.23. The molecule has 1 aliphatic rings. The Morgan fingerprint density at radius 1 is 1.50 bits per heavy atom. The minimum atomic E-state index is -0.693. The van der Waals surface area contributed by atoms with Crippen molar-refractivity contribution in [3.63, 3.8) is 0 Å². The molecular formula is C14H20N2O4. The van der Waals surface area contributed by atoms with Crippen LogP contribution in [0.15, 0.2) is 12.1 Å². The lowest BCUT2D eigenvalue weighted by Gasteiger charge is -2.18. The maximum Gasteiger partial charge on any atom is 0.340 e. The van der Waals surface area contributed by atoms with Crippen LogP contribution in [0.25, 0.3) is 0 Å². The topological polar surface area (TPSA) is 82.9 Å². The van der Waals surface area contributed by atoms with Gasteiger partial charge in [0.15, 0.2) is 0 Å². The van der Waals surface area contributed by atoms with Crippen LogP contribution in [-0.4, -0.2) is 58.9 Å². The van der Waals surface area contributed by atoms with Crippen molar-refractivity contribution in [3.05, 3.63) is 29.1 Å². The van der Waals surface area contributed by atoms with E-state index in [0.717, 1.165) is 30.8 Å². The molecule has 0 amide bonds. The second-order valence-electron chi connectivity index (χ2n) is 5.08. The van der Waals surface area contributed by atoms with E-state index in [2.05, 4.69) is 4.98 Å². The van der Waals surface area contributed by atoms with Crippen molar-refractivity contribution in [3.8, 4) is 0 Å². The summed E-state index contributed by atoms with van der Waals surface area (Å²) < 4.78 is 4.92. The van der Waals surface area contributed by atoms with Gasteiger partial charge in [0.25, 0.3) is 0 Å². The van der Waals surface area contributed by atoms with Gasteiger partial charge in [-0.05, 0) is 38.6 Å². The zero-order chi connectivity index (χ0) is 14.5. The van der Waals surface area contributed by atoms with Gasteiger partial charge in [0.05, 0.1) is 24.0 Å². The van der Waals surface area contributed by atoms with E-state index in [-0.39, 0.29) is 19.2 Å². The number of cyclic esters (lactones) is 1. The number of carbonyl (C=O) groups excluding carboxylic acids is 1. The van der Waals surface area contributed by atoms with E-state index in [1.807, 2.05) is 18.0 Å². The van der Waals surface area contributed by atoms with Crippen molar-refractivity contribution < 1.29 is 19.7 Å². The van der Waals surface area contributed by atoms with Gasteiger partial charge >= 0.3 is 5.97 Å². The minimum absolute atomic E-state index is 0.218. The number of aromatic nitrogens is 1. The van der Waals surface area contributed by atoms with Crippen LogP contribution in [0.3, 0.4) is 0 Å². The molecule has 20 heavy (non-hydrogen) atoms. The fraction of sp³-hybridized carbons (Fsp3) is 0.571. The Bertz CT molecular complexity index is 478. The lowest BCUT2D eigenvalue weighted by Crippen LogP contribution is -2.32. The van der Waals surface area contributed by atoms with E-state index in [1.165, 1.54) is 0 Å². The summed E-state index contributed by atoms with van der Waals surface area (Å²) in [5, 5.41) is 18.1. The predicted octanol–water partition coefficient (Wildman–Crippen LogP) is -0.0304. The summed E-state index contributed by atoms with van der Waals surface area (Å²) in [4.78, 5) is 17.7. The molecule has 1 atom stereocenters. The van der Waals surface area contributed by atoms with Crippen molar-refractivity contribution >= 4 is 5.97 Å². The Balaban J connectivity index is 1.79. The van der Waals surface area contributed by atoms with Crippen LogP contribution >= 0.6 is 0 Å². The molecule has 0 saturated carbocycles. The SMILES string of the molecule is CN(CCCc1ccc2c(n1)COC2=O)CC(O)CO.